The summed E-state index contributed by atoms with van der Waals surface area (Å²) in [6.45, 7) is 0.827. The smallest absolute Gasteiger partial charge is 0.261 e. The zero-order valence-corrected chi connectivity index (χ0v) is 17.7. The fourth-order valence-corrected chi connectivity index (χ4v) is 4.64. The fourth-order valence-electron chi connectivity index (χ4n) is 4.64. The first-order chi connectivity index (χ1) is 14.1. The van der Waals surface area contributed by atoms with Crippen LogP contribution in [0.3, 0.4) is 0 Å². The summed E-state index contributed by atoms with van der Waals surface area (Å²) in [6.07, 6.45) is 5.05. The monoisotopic (exact) mass is 429 g/mol. The lowest BCUT2D eigenvalue weighted by Crippen LogP contribution is -2.45. The summed E-state index contributed by atoms with van der Waals surface area (Å²) in [6, 6.07) is 11.1. The van der Waals surface area contributed by atoms with E-state index in [9.17, 15) is 14.4 Å². The maximum Gasteiger partial charge on any atom is 0.261 e. The topological polar surface area (TPSA) is 92.5 Å². The summed E-state index contributed by atoms with van der Waals surface area (Å²) in [5.74, 6) is -0.255. The molecule has 0 aromatic heterocycles. The van der Waals surface area contributed by atoms with E-state index in [4.69, 9.17) is 5.73 Å². The minimum absolute atomic E-state index is 0. The summed E-state index contributed by atoms with van der Waals surface area (Å²) in [4.78, 5) is 39.4. The summed E-state index contributed by atoms with van der Waals surface area (Å²) >= 11 is 0. The number of benzene rings is 2. The Morgan fingerprint density at radius 2 is 1.67 bits per heavy atom. The molecule has 4 rings (SSSR count). The van der Waals surface area contributed by atoms with Crippen molar-refractivity contribution in [2.24, 2.45) is 11.7 Å². The number of hydrogen-bond donors (Lipinski definition) is 2. The second-order valence-electron chi connectivity index (χ2n) is 8.03. The molecule has 1 aliphatic carbocycles. The van der Waals surface area contributed by atoms with Gasteiger partial charge in [0.25, 0.3) is 11.8 Å². The van der Waals surface area contributed by atoms with E-state index in [1.165, 1.54) is 11.3 Å². The van der Waals surface area contributed by atoms with Gasteiger partial charge in [0.05, 0.1) is 0 Å². The molecule has 2 atom stereocenters. The van der Waals surface area contributed by atoms with E-state index >= 15 is 0 Å². The molecular formula is C23H28ClN3O3. The third kappa shape index (κ3) is 4.20. The van der Waals surface area contributed by atoms with Crippen LogP contribution in [0.25, 0.3) is 10.8 Å². The second-order valence-corrected chi connectivity index (χ2v) is 8.03. The number of amides is 3. The molecule has 7 heteroatoms. The van der Waals surface area contributed by atoms with Crippen LogP contribution < -0.4 is 11.1 Å². The van der Waals surface area contributed by atoms with E-state index < -0.39 is 0 Å². The van der Waals surface area contributed by atoms with Crippen molar-refractivity contribution in [3.63, 3.8) is 0 Å². The highest BCUT2D eigenvalue weighted by molar-refractivity contribution is 6.25. The number of nitrogens with one attached hydrogen (secondary N) is 1. The molecule has 3 N–H and O–H groups in total. The molecule has 0 radical (unpaired) electrons. The Kier molecular flexibility index (Phi) is 7.10. The van der Waals surface area contributed by atoms with E-state index in [-0.39, 0.29) is 49.1 Å². The van der Waals surface area contributed by atoms with Crippen molar-refractivity contribution >= 4 is 40.9 Å². The molecule has 0 spiro atoms. The summed E-state index contributed by atoms with van der Waals surface area (Å²) < 4.78 is 0. The summed E-state index contributed by atoms with van der Waals surface area (Å²) in [5, 5.41) is 4.72. The number of rotatable bonds is 6. The highest BCUT2D eigenvalue weighted by Gasteiger charge is 2.32. The lowest BCUT2D eigenvalue weighted by atomic mass is 9.84. The number of nitrogens with zero attached hydrogens (tertiary/aromatic N) is 1. The maximum absolute atomic E-state index is 12.9. The number of imide groups is 1. The molecule has 3 amide bonds. The Morgan fingerprint density at radius 1 is 1.03 bits per heavy atom. The Morgan fingerprint density at radius 3 is 2.30 bits per heavy atom. The third-order valence-corrected chi connectivity index (χ3v) is 6.20. The zero-order chi connectivity index (χ0) is 20.4. The minimum atomic E-state index is -0.282. The Balaban J connectivity index is 0.00000256. The van der Waals surface area contributed by atoms with Gasteiger partial charge in [-0.05, 0) is 49.2 Å². The third-order valence-electron chi connectivity index (χ3n) is 6.20. The zero-order valence-electron chi connectivity index (χ0n) is 16.9. The van der Waals surface area contributed by atoms with E-state index in [2.05, 4.69) is 5.32 Å². The lowest BCUT2D eigenvalue weighted by molar-refractivity contribution is -0.122. The van der Waals surface area contributed by atoms with Crippen molar-refractivity contribution < 1.29 is 14.4 Å². The van der Waals surface area contributed by atoms with Crippen LogP contribution in [-0.4, -0.2) is 41.8 Å². The van der Waals surface area contributed by atoms with Gasteiger partial charge in [0.15, 0.2) is 0 Å². The van der Waals surface area contributed by atoms with Crippen molar-refractivity contribution in [2.75, 3.05) is 13.1 Å². The van der Waals surface area contributed by atoms with Gasteiger partial charge < -0.3 is 11.1 Å². The van der Waals surface area contributed by atoms with Crippen molar-refractivity contribution in [3.8, 4) is 0 Å². The number of carbonyl (C=O) groups is 3. The number of carbonyl (C=O) groups excluding carboxylic acids is 3. The van der Waals surface area contributed by atoms with Gasteiger partial charge in [-0.2, -0.15) is 0 Å². The second kappa shape index (κ2) is 9.58. The van der Waals surface area contributed by atoms with Gasteiger partial charge >= 0.3 is 0 Å². The molecule has 0 bridgehead atoms. The summed E-state index contributed by atoms with van der Waals surface area (Å²) in [7, 11) is 0. The largest absolute Gasteiger partial charge is 0.353 e. The first kappa shape index (κ1) is 22.2. The number of halogens is 1. The first-order valence-electron chi connectivity index (χ1n) is 10.5. The number of hydrogen-bond acceptors (Lipinski definition) is 4. The molecule has 2 aromatic carbocycles. The fraction of sp³-hybridized carbons (Fsp3) is 0.435. The van der Waals surface area contributed by atoms with Crippen molar-refractivity contribution in [3.05, 3.63) is 47.5 Å². The predicted molar refractivity (Wildman–Crippen MR) is 119 cm³/mol. The highest BCUT2D eigenvalue weighted by atomic mass is 35.5. The Labute approximate surface area is 182 Å². The van der Waals surface area contributed by atoms with Gasteiger partial charge in [-0.3, -0.25) is 19.3 Å². The van der Waals surface area contributed by atoms with Crippen LogP contribution in [0.1, 0.15) is 59.2 Å². The van der Waals surface area contributed by atoms with Crippen LogP contribution in [0.2, 0.25) is 0 Å². The lowest BCUT2D eigenvalue weighted by Gasteiger charge is -2.31. The molecule has 2 unspecified atom stereocenters. The molecule has 2 aromatic rings. The van der Waals surface area contributed by atoms with Gasteiger partial charge in [-0.1, -0.05) is 37.1 Å². The van der Waals surface area contributed by atoms with Crippen molar-refractivity contribution in [1.82, 2.24) is 10.2 Å². The average molecular weight is 430 g/mol. The normalized spacial score (nSPS) is 20.8. The molecule has 0 saturated heterocycles. The Hall–Kier alpha value is -2.44. The minimum Gasteiger partial charge on any atom is -0.353 e. The predicted octanol–water partition coefficient (Wildman–Crippen LogP) is 3.27. The van der Waals surface area contributed by atoms with Crippen LogP contribution >= 0.6 is 12.4 Å². The van der Waals surface area contributed by atoms with Crippen LogP contribution in [0, 0.1) is 5.92 Å². The molecule has 1 fully saturated rings. The van der Waals surface area contributed by atoms with Crippen LogP contribution in [0.4, 0.5) is 0 Å². The van der Waals surface area contributed by atoms with Gasteiger partial charge in [0.1, 0.15) is 0 Å². The van der Waals surface area contributed by atoms with Gasteiger partial charge in [0, 0.05) is 35.5 Å². The molecule has 30 heavy (non-hydrogen) atoms. The van der Waals surface area contributed by atoms with Crippen molar-refractivity contribution in [1.29, 1.82) is 0 Å². The van der Waals surface area contributed by atoms with Crippen molar-refractivity contribution in [2.45, 2.75) is 44.6 Å². The average Bonchev–Trinajstić information content (AvgIpc) is 2.74. The summed E-state index contributed by atoms with van der Waals surface area (Å²) in [5.41, 5.74) is 6.94. The number of nitrogens with two attached hydrogens (primary N) is 1. The van der Waals surface area contributed by atoms with E-state index in [1.54, 1.807) is 12.1 Å². The molecule has 6 nitrogen and oxygen atoms in total. The van der Waals surface area contributed by atoms with E-state index in [0.717, 1.165) is 30.0 Å². The highest BCUT2D eigenvalue weighted by Crippen LogP contribution is 2.30. The van der Waals surface area contributed by atoms with Crippen LogP contribution in [0.15, 0.2) is 36.4 Å². The van der Waals surface area contributed by atoms with Gasteiger partial charge in [-0.25, -0.2) is 0 Å². The molecule has 1 saturated carbocycles. The molecule has 160 valence electrons. The molecule has 1 heterocycles. The maximum atomic E-state index is 12.9. The standard InChI is InChI=1S/C23H27N3O3.ClH/c24-14-16-6-1-2-11-19(16)25-20(27)12-5-13-26-22(28)17-9-3-7-15-8-4-10-18(21(15)17)23(26)29;/h3-4,7-10,16,19H,1-2,5-6,11-14,24H2,(H,25,27);1H. The van der Waals surface area contributed by atoms with Crippen LogP contribution in [0.5, 0.6) is 0 Å². The first-order valence-corrected chi connectivity index (χ1v) is 10.5. The molecule has 2 aliphatic rings. The van der Waals surface area contributed by atoms with Gasteiger partial charge in [0.2, 0.25) is 5.91 Å². The van der Waals surface area contributed by atoms with Crippen LogP contribution in [-0.2, 0) is 4.79 Å². The van der Waals surface area contributed by atoms with E-state index in [0.29, 0.717) is 30.0 Å². The molecular weight excluding hydrogens is 402 g/mol. The van der Waals surface area contributed by atoms with E-state index in [1.807, 2.05) is 24.3 Å². The quantitative estimate of drug-likeness (QED) is 0.689. The Bertz CT molecular complexity index is 911. The molecule has 1 aliphatic heterocycles. The SMILES string of the molecule is Cl.NCC1CCCCC1NC(=O)CCCN1C(=O)c2cccc3cccc(c23)C1=O. The van der Waals surface area contributed by atoms with Gasteiger partial charge in [-0.15, -0.1) is 12.4 Å².